The lowest BCUT2D eigenvalue weighted by Gasteiger charge is -2.24. The number of carbonyl (C=O) groups excluding carboxylic acids is 3. The molecule has 0 aromatic carbocycles. The van der Waals surface area contributed by atoms with Gasteiger partial charge in [-0.2, -0.15) is 0 Å². The summed E-state index contributed by atoms with van der Waals surface area (Å²) in [6.45, 7) is 4.41. The van der Waals surface area contributed by atoms with Crippen LogP contribution in [0.1, 0.15) is 40.0 Å². The highest BCUT2D eigenvalue weighted by molar-refractivity contribution is 6.68. The van der Waals surface area contributed by atoms with Gasteiger partial charge in [-0.05, 0) is 40.0 Å². The first-order valence-corrected chi connectivity index (χ1v) is 11.0. The molecule has 1 atom stereocenters. The minimum absolute atomic E-state index is 0.211. The monoisotopic (exact) mass is 550 g/mol. The number of halogens is 6. The van der Waals surface area contributed by atoms with Gasteiger partial charge in [0.25, 0.3) is 0 Å². The molecule has 176 valence electrons. The van der Waals surface area contributed by atoms with Gasteiger partial charge in [0.05, 0.1) is 0 Å². The van der Waals surface area contributed by atoms with E-state index in [1.165, 1.54) is 0 Å². The fraction of sp³-hybridized carbons (Fsp3) is 0.812. The van der Waals surface area contributed by atoms with Gasteiger partial charge >= 0.3 is 18.2 Å². The number of amides is 2. The second-order valence-corrected chi connectivity index (χ2v) is 12.1. The Labute approximate surface area is 205 Å². The first-order chi connectivity index (χ1) is 13.5. The van der Waals surface area contributed by atoms with Crippen molar-refractivity contribution < 1.29 is 28.6 Å². The van der Waals surface area contributed by atoms with Crippen molar-refractivity contribution in [2.75, 3.05) is 19.8 Å². The highest BCUT2D eigenvalue weighted by Crippen LogP contribution is 2.26. The Morgan fingerprint density at radius 2 is 1.33 bits per heavy atom. The summed E-state index contributed by atoms with van der Waals surface area (Å²) in [5, 5.41) is 4.85. The van der Waals surface area contributed by atoms with E-state index < -0.39 is 50.6 Å². The highest BCUT2D eigenvalue weighted by Gasteiger charge is 2.28. The van der Waals surface area contributed by atoms with Crippen molar-refractivity contribution >= 4 is 87.8 Å². The van der Waals surface area contributed by atoms with Crippen molar-refractivity contribution in [2.45, 2.75) is 59.3 Å². The third-order valence-electron chi connectivity index (χ3n) is 2.91. The summed E-state index contributed by atoms with van der Waals surface area (Å²) in [5.74, 6) is -0.650. The molecule has 0 aromatic rings. The van der Waals surface area contributed by atoms with Gasteiger partial charge in [-0.1, -0.05) is 69.6 Å². The van der Waals surface area contributed by atoms with Crippen LogP contribution in [0.3, 0.4) is 0 Å². The number of rotatable bonds is 9. The molecular formula is C16H24Cl6N2O6. The van der Waals surface area contributed by atoms with Crippen molar-refractivity contribution in [3.05, 3.63) is 0 Å². The Kier molecular flexibility index (Phi) is 13.2. The maximum atomic E-state index is 12.3. The molecule has 14 heteroatoms. The number of carbonyl (C=O) groups is 3. The smallest absolute Gasteiger partial charge is 0.407 e. The van der Waals surface area contributed by atoms with Crippen LogP contribution in [0.2, 0.25) is 0 Å². The molecule has 2 N–H and O–H groups in total. The molecule has 2 amide bonds. The van der Waals surface area contributed by atoms with Gasteiger partial charge in [0.1, 0.15) is 24.9 Å². The number of hydrogen-bond acceptors (Lipinski definition) is 6. The number of ether oxygens (including phenoxy) is 3. The second-order valence-electron chi connectivity index (χ2n) is 7.04. The van der Waals surface area contributed by atoms with Crippen molar-refractivity contribution in [3.63, 3.8) is 0 Å². The average molecular weight is 553 g/mol. The lowest BCUT2D eigenvalue weighted by atomic mass is 10.1. The second kappa shape index (κ2) is 13.3. The van der Waals surface area contributed by atoms with Gasteiger partial charge < -0.3 is 24.8 Å². The zero-order valence-electron chi connectivity index (χ0n) is 16.5. The van der Waals surface area contributed by atoms with Crippen LogP contribution >= 0.6 is 69.6 Å². The average Bonchev–Trinajstić information content (AvgIpc) is 2.54. The molecule has 0 heterocycles. The van der Waals surface area contributed by atoms with Crippen LogP contribution < -0.4 is 10.6 Å². The molecular weight excluding hydrogens is 529 g/mol. The van der Waals surface area contributed by atoms with Crippen LogP contribution in [0.25, 0.3) is 0 Å². The largest absolute Gasteiger partial charge is 0.458 e. The lowest BCUT2D eigenvalue weighted by Crippen LogP contribution is -2.45. The predicted molar refractivity (Wildman–Crippen MR) is 118 cm³/mol. The molecule has 0 fully saturated rings. The van der Waals surface area contributed by atoms with Gasteiger partial charge in [0.2, 0.25) is 7.59 Å². The SMILES string of the molecule is CC(C)(C)OC(=O)[C@H](CCCCNC(=O)OCC(Cl)(Cl)Cl)NC(=O)OCC(Cl)(Cl)Cl. The number of unbranched alkanes of at least 4 members (excludes halogenated alkanes) is 1. The predicted octanol–water partition coefficient (Wildman–Crippen LogP) is 5.06. The molecule has 0 unspecified atom stereocenters. The summed E-state index contributed by atoms with van der Waals surface area (Å²) >= 11 is 33.0. The standard InChI is InChI=1S/C16H24Cl6N2O6/c1-14(2,3)30-11(25)10(24-13(27)29-9-16(20,21)22)6-4-5-7-23-12(26)28-8-15(17,18)19/h10H,4-9H2,1-3H3,(H,23,26)(H,24,27)/t10-/m0/s1. The molecule has 0 radical (unpaired) electrons. The lowest BCUT2D eigenvalue weighted by molar-refractivity contribution is -0.157. The zero-order valence-corrected chi connectivity index (χ0v) is 21.1. The summed E-state index contributed by atoms with van der Waals surface area (Å²) in [6.07, 6.45) is -0.571. The highest BCUT2D eigenvalue weighted by atomic mass is 35.6. The Balaban J connectivity index is 4.52. The van der Waals surface area contributed by atoms with E-state index in [1.807, 2.05) is 0 Å². The minimum atomic E-state index is -1.78. The van der Waals surface area contributed by atoms with Gasteiger partial charge in [0, 0.05) is 6.54 Å². The van der Waals surface area contributed by atoms with Crippen molar-refractivity contribution in [3.8, 4) is 0 Å². The molecule has 0 saturated carbocycles. The number of alkyl carbamates (subject to hydrolysis) is 2. The first-order valence-electron chi connectivity index (χ1n) is 8.69. The molecule has 8 nitrogen and oxygen atoms in total. The van der Waals surface area contributed by atoms with E-state index in [2.05, 4.69) is 10.6 Å². The van der Waals surface area contributed by atoms with Crippen molar-refractivity contribution in [2.24, 2.45) is 0 Å². The molecule has 0 aliphatic carbocycles. The molecule has 0 aliphatic rings. The third kappa shape index (κ3) is 18.5. The topological polar surface area (TPSA) is 103 Å². The number of alkyl halides is 6. The van der Waals surface area contributed by atoms with E-state index in [0.717, 1.165) is 0 Å². The minimum Gasteiger partial charge on any atom is -0.458 e. The molecule has 0 bridgehead atoms. The molecule has 0 saturated heterocycles. The van der Waals surface area contributed by atoms with Gasteiger partial charge in [0.15, 0.2) is 0 Å². The molecule has 30 heavy (non-hydrogen) atoms. The maximum Gasteiger partial charge on any atom is 0.407 e. The zero-order chi connectivity index (χ0) is 23.6. The Morgan fingerprint density at radius 3 is 1.80 bits per heavy atom. The van der Waals surface area contributed by atoms with Gasteiger partial charge in [-0.25, -0.2) is 14.4 Å². The normalized spacial score (nSPS) is 13.2. The van der Waals surface area contributed by atoms with Crippen LogP contribution in [-0.2, 0) is 19.0 Å². The molecule has 0 aliphatic heterocycles. The van der Waals surface area contributed by atoms with Crippen LogP contribution in [0.15, 0.2) is 0 Å². The van der Waals surface area contributed by atoms with E-state index in [9.17, 15) is 14.4 Å². The third-order valence-corrected chi connectivity index (χ3v) is 3.56. The fourth-order valence-electron chi connectivity index (χ4n) is 1.82. The summed E-state index contributed by atoms with van der Waals surface area (Å²) in [4.78, 5) is 35.7. The van der Waals surface area contributed by atoms with Crippen LogP contribution in [0, 0.1) is 0 Å². The first kappa shape index (κ1) is 29.8. The molecule has 0 aromatic heterocycles. The van der Waals surface area contributed by atoms with Crippen molar-refractivity contribution in [1.29, 1.82) is 0 Å². The number of nitrogens with one attached hydrogen (secondary N) is 2. The van der Waals surface area contributed by atoms with Crippen molar-refractivity contribution in [1.82, 2.24) is 10.6 Å². The Hall–Kier alpha value is -0.250. The quantitative estimate of drug-likeness (QED) is 0.179. The van der Waals surface area contributed by atoms with E-state index in [0.29, 0.717) is 12.8 Å². The number of esters is 1. The molecule has 0 spiro atoms. The Bertz CT molecular complexity index is 574. The van der Waals surface area contributed by atoms with E-state index >= 15 is 0 Å². The Morgan fingerprint density at radius 1 is 0.833 bits per heavy atom. The van der Waals surface area contributed by atoms with Crippen LogP contribution in [0.5, 0.6) is 0 Å². The van der Waals surface area contributed by atoms with Crippen LogP contribution in [0.4, 0.5) is 9.59 Å². The van der Waals surface area contributed by atoms with Gasteiger partial charge in [-0.3, -0.25) is 0 Å². The van der Waals surface area contributed by atoms with Gasteiger partial charge in [-0.15, -0.1) is 0 Å². The van der Waals surface area contributed by atoms with Crippen LogP contribution in [-0.4, -0.2) is 57.1 Å². The maximum absolute atomic E-state index is 12.3. The summed E-state index contributed by atoms with van der Waals surface area (Å²) in [6, 6.07) is -0.997. The molecule has 0 rings (SSSR count). The number of hydrogen-bond donors (Lipinski definition) is 2. The fourth-order valence-corrected chi connectivity index (χ4v) is 2.14. The van der Waals surface area contributed by atoms with E-state index in [1.54, 1.807) is 20.8 Å². The van der Waals surface area contributed by atoms with E-state index in [-0.39, 0.29) is 13.0 Å². The summed E-state index contributed by atoms with van der Waals surface area (Å²) < 4.78 is 11.3. The summed E-state index contributed by atoms with van der Waals surface area (Å²) in [7, 11) is 0. The summed E-state index contributed by atoms with van der Waals surface area (Å²) in [5.41, 5.74) is -0.758. The van der Waals surface area contributed by atoms with E-state index in [4.69, 9.17) is 83.8 Å².